The largest absolute Gasteiger partial charge is 0.420 e. The predicted molar refractivity (Wildman–Crippen MR) is 82.2 cm³/mol. The molecule has 1 unspecified atom stereocenters. The van der Waals surface area contributed by atoms with Crippen molar-refractivity contribution in [3.05, 3.63) is 46.6 Å². The fourth-order valence-electron chi connectivity index (χ4n) is 2.72. The van der Waals surface area contributed by atoms with Crippen molar-refractivity contribution in [1.82, 2.24) is 9.88 Å². The molecule has 1 aromatic carbocycles. The van der Waals surface area contributed by atoms with Crippen LogP contribution >= 0.6 is 0 Å². The van der Waals surface area contributed by atoms with Crippen molar-refractivity contribution in [2.45, 2.75) is 38.6 Å². The lowest BCUT2D eigenvalue weighted by Gasteiger charge is -2.23. The lowest BCUT2D eigenvalue weighted by Crippen LogP contribution is -2.39. The average Bonchev–Trinajstić information content (AvgIpc) is 2.74. The first-order chi connectivity index (χ1) is 9.97. The summed E-state index contributed by atoms with van der Waals surface area (Å²) < 4.78 is 6.77. The molecule has 0 aliphatic carbocycles. The summed E-state index contributed by atoms with van der Waals surface area (Å²) in [5.41, 5.74) is 2.99. The molecule has 0 spiro atoms. The van der Waals surface area contributed by atoms with E-state index in [1.54, 1.807) is 0 Å². The van der Waals surface area contributed by atoms with Crippen LogP contribution < -0.4 is 11.1 Å². The van der Waals surface area contributed by atoms with Crippen molar-refractivity contribution >= 4 is 17.0 Å². The van der Waals surface area contributed by atoms with Crippen LogP contribution in [-0.4, -0.2) is 10.5 Å². The molecule has 112 valence electrons. The number of hydrogen-bond acceptors (Lipinski definition) is 3. The maximum atomic E-state index is 12.1. The van der Waals surface area contributed by atoms with Gasteiger partial charge in [0.05, 0.1) is 5.52 Å². The summed E-state index contributed by atoms with van der Waals surface area (Å²) in [4.78, 5) is 24.2. The second kappa shape index (κ2) is 4.91. The van der Waals surface area contributed by atoms with Crippen molar-refractivity contribution in [2.75, 3.05) is 0 Å². The van der Waals surface area contributed by atoms with Crippen LogP contribution in [0.4, 0.5) is 0 Å². The number of oxazole rings is 1. The molecule has 1 atom stereocenters. The van der Waals surface area contributed by atoms with Gasteiger partial charge in [0.15, 0.2) is 5.58 Å². The van der Waals surface area contributed by atoms with Gasteiger partial charge >= 0.3 is 5.76 Å². The third-order valence-electron chi connectivity index (χ3n) is 3.94. The zero-order chi connectivity index (χ0) is 15.1. The van der Waals surface area contributed by atoms with Crippen LogP contribution in [0.15, 0.2) is 39.7 Å². The molecule has 1 aromatic heterocycles. The number of aromatic nitrogens is 1. The number of nitrogens with zero attached hydrogens (tertiary/aromatic N) is 1. The SMILES string of the molecule is C=C1CCC(n2c(=O)oc3cc(C(C)C)ccc32)C(=O)N1.[HH]. The summed E-state index contributed by atoms with van der Waals surface area (Å²) in [5.74, 6) is -0.341. The van der Waals surface area contributed by atoms with Crippen molar-refractivity contribution < 1.29 is 10.6 Å². The van der Waals surface area contributed by atoms with Crippen molar-refractivity contribution in [1.29, 1.82) is 0 Å². The summed E-state index contributed by atoms with van der Waals surface area (Å²) in [5, 5.41) is 2.70. The summed E-state index contributed by atoms with van der Waals surface area (Å²) >= 11 is 0. The van der Waals surface area contributed by atoms with Gasteiger partial charge in [-0.3, -0.25) is 9.36 Å². The van der Waals surface area contributed by atoms with E-state index in [4.69, 9.17) is 4.42 Å². The van der Waals surface area contributed by atoms with Crippen molar-refractivity contribution in [2.24, 2.45) is 0 Å². The fraction of sp³-hybridized carbons (Fsp3) is 0.375. The van der Waals surface area contributed by atoms with Gasteiger partial charge in [-0.15, -0.1) is 0 Å². The van der Waals surface area contributed by atoms with Crippen LogP contribution in [0, 0.1) is 0 Å². The zero-order valence-electron chi connectivity index (χ0n) is 12.2. The average molecular weight is 288 g/mol. The van der Waals surface area contributed by atoms with Crippen LogP contribution in [0.25, 0.3) is 11.1 Å². The third kappa shape index (κ3) is 2.28. The molecule has 1 saturated heterocycles. The highest BCUT2D eigenvalue weighted by atomic mass is 16.4. The molecule has 2 heterocycles. The van der Waals surface area contributed by atoms with Crippen LogP contribution in [0.2, 0.25) is 0 Å². The minimum Gasteiger partial charge on any atom is -0.408 e. The summed E-state index contributed by atoms with van der Waals surface area (Å²) in [7, 11) is 0. The molecule has 21 heavy (non-hydrogen) atoms. The lowest BCUT2D eigenvalue weighted by molar-refractivity contribution is -0.124. The lowest BCUT2D eigenvalue weighted by atomic mass is 10.0. The molecule has 0 saturated carbocycles. The molecule has 1 amide bonds. The number of nitrogens with one attached hydrogen (secondary N) is 1. The van der Waals surface area contributed by atoms with Gasteiger partial charge in [-0.25, -0.2) is 4.79 Å². The maximum Gasteiger partial charge on any atom is 0.420 e. The van der Waals surface area contributed by atoms with E-state index in [1.165, 1.54) is 4.57 Å². The number of benzene rings is 1. The molecular weight excluding hydrogens is 268 g/mol. The molecule has 2 aromatic rings. The Bertz CT molecular complexity index is 788. The van der Waals surface area contributed by atoms with Crippen LogP contribution in [-0.2, 0) is 4.79 Å². The Labute approximate surface area is 123 Å². The Morgan fingerprint density at radius 2 is 2.19 bits per heavy atom. The van der Waals surface area contributed by atoms with E-state index in [-0.39, 0.29) is 7.33 Å². The second-order valence-electron chi connectivity index (χ2n) is 5.77. The molecule has 1 aliphatic heterocycles. The number of allylic oxidation sites excluding steroid dienone is 1. The number of carbonyl (C=O) groups is 1. The Hall–Kier alpha value is -2.30. The fourth-order valence-corrected chi connectivity index (χ4v) is 2.72. The van der Waals surface area contributed by atoms with E-state index >= 15 is 0 Å². The molecular formula is C16H20N2O3. The first-order valence-electron chi connectivity index (χ1n) is 7.11. The van der Waals surface area contributed by atoms with E-state index in [2.05, 4.69) is 25.7 Å². The number of rotatable bonds is 2. The molecule has 3 rings (SSSR count). The monoisotopic (exact) mass is 288 g/mol. The first kappa shape index (κ1) is 13.7. The Kier molecular flexibility index (Phi) is 3.20. The van der Waals surface area contributed by atoms with Crippen molar-refractivity contribution in [3.8, 4) is 0 Å². The summed E-state index contributed by atoms with van der Waals surface area (Å²) in [6.45, 7) is 7.91. The quantitative estimate of drug-likeness (QED) is 0.924. The highest BCUT2D eigenvalue weighted by Crippen LogP contribution is 2.27. The molecule has 1 aliphatic rings. The summed E-state index contributed by atoms with van der Waals surface area (Å²) in [6, 6.07) is 5.16. The normalized spacial score (nSPS) is 19.3. The van der Waals surface area contributed by atoms with Gasteiger partial charge in [-0.1, -0.05) is 26.5 Å². The van der Waals surface area contributed by atoms with Gasteiger partial charge in [0.2, 0.25) is 5.91 Å². The van der Waals surface area contributed by atoms with E-state index in [0.29, 0.717) is 35.6 Å². The van der Waals surface area contributed by atoms with E-state index in [0.717, 1.165) is 5.56 Å². The van der Waals surface area contributed by atoms with E-state index in [9.17, 15) is 9.59 Å². The number of fused-ring (bicyclic) bond motifs is 1. The van der Waals surface area contributed by atoms with Crippen LogP contribution in [0.1, 0.15) is 45.6 Å². The zero-order valence-corrected chi connectivity index (χ0v) is 12.2. The maximum absolute atomic E-state index is 12.1. The van der Waals surface area contributed by atoms with Gasteiger partial charge in [0, 0.05) is 7.12 Å². The smallest absolute Gasteiger partial charge is 0.408 e. The predicted octanol–water partition coefficient (Wildman–Crippen LogP) is 2.93. The Morgan fingerprint density at radius 1 is 1.43 bits per heavy atom. The van der Waals surface area contributed by atoms with Gasteiger partial charge in [-0.05, 0) is 36.5 Å². The summed E-state index contributed by atoms with van der Waals surface area (Å²) in [6.07, 6.45) is 1.23. The standard InChI is InChI=1S/C16H18N2O3.H2/c1-9(2)11-5-7-12-14(8-11)21-16(20)18(12)13-6-4-10(3)17-15(13)19;/h5,7-9,13H,3-4,6H2,1-2H3,(H,17,19);1H. The molecule has 5 nitrogen and oxygen atoms in total. The third-order valence-corrected chi connectivity index (χ3v) is 3.94. The van der Waals surface area contributed by atoms with Crippen molar-refractivity contribution in [3.63, 3.8) is 0 Å². The Balaban J connectivity index is 0.00000176. The molecule has 0 bridgehead atoms. The van der Waals surface area contributed by atoms with Gasteiger partial charge in [-0.2, -0.15) is 0 Å². The molecule has 0 radical (unpaired) electrons. The van der Waals surface area contributed by atoms with Gasteiger partial charge in [0.1, 0.15) is 6.04 Å². The number of carbonyl (C=O) groups excluding carboxylic acids is 1. The first-order valence-corrected chi connectivity index (χ1v) is 7.11. The number of hydrogen-bond donors (Lipinski definition) is 1. The number of piperidine rings is 1. The molecule has 1 N–H and O–H groups in total. The highest BCUT2D eigenvalue weighted by Gasteiger charge is 2.29. The minimum atomic E-state index is -0.533. The van der Waals surface area contributed by atoms with E-state index in [1.807, 2.05) is 18.2 Å². The molecule has 5 heteroatoms. The Morgan fingerprint density at radius 3 is 2.86 bits per heavy atom. The second-order valence-corrected chi connectivity index (χ2v) is 5.77. The van der Waals surface area contributed by atoms with Crippen LogP contribution in [0.3, 0.4) is 0 Å². The van der Waals surface area contributed by atoms with Crippen LogP contribution in [0.5, 0.6) is 0 Å². The molecule has 1 fully saturated rings. The van der Waals surface area contributed by atoms with Gasteiger partial charge < -0.3 is 9.73 Å². The minimum absolute atomic E-state index is 0. The van der Waals surface area contributed by atoms with Gasteiger partial charge in [0.25, 0.3) is 0 Å². The topological polar surface area (TPSA) is 64.2 Å². The highest BCUT2D eigenvalue weighted by molar-refractivity contribution is 5.85. The number of amides is 1. The van der Waals surface area contributed by atoms with E-state index < -0.39 is 11.8 Å².